The van der Waals surface area contributed by atoms with Gasteiger partial charge in [-0.15, -0.1) is 0 Å². The molecular formula is C32H37N3OS. The Balaban J connectivity index is 1.70. The predicted molar refractivity (Wildman–Crippen MR) is 161 cm³/mol. The smallest absolute Gasteiger partial charge is 0.271 e. The first-order valence-corrected chi connectivity index (χ1v) is 13.9. The zero-order valence-corrected chi connectivity index (χ0v) is 23.7. The highest BCUT2D eigenvalue weighted by molar-refractivity contribution is 8.19. The number of hydrogen-bond acceptors (Lipinski definition) is 4. The molecule has 0 aliphatic carbocycles. The lowest BCUT2D eigenvalue weighted by Crippen LogP contribution is -2.28. The molecule has 0 radical (unpaired) electrons. The lowest BCUT2D eigenvalue weighted by molar-refractivity contribution is -0.113. The average molecular weight is 512 g/mol. The highest BCUT2D eigenvalue weighted by atomic mass is 32.2. The number of amidine groups is 1. The predicted octanol–water partition coefficient (Wildman–Crippen LogP) is 8.36. The van der Waals surface area contributed by atoms with Crippen molar-refractivity contribution in [2.75, 3.05) is 22.9 Å². The van der Waals surface area contributed by atoms with Crippen LogP contribution in [0.5, 0.6) is 0 Å². The number of hydrogen-bond donors (Lipinski definition) is 0. The number of anilines is 2. The van der Waals surface area contributed by atoms with Crippen LogP contribution in [0.4, 0.5) is 17.1 Å². The molecule has 1 saturated heterocycles. The van der Waals surface area contributed by atoms with Gasteiger partial charge in [-0.2, -0.15) is 0 Å². The van der Waals surface area contributed by atoms with Crippen LogP contribution >= 0.6 is 11.8 Å². The zero-order chi connectivity index (χ0) is 26.5. The molecule has 1 aliphatic heterocycles. The number of aliphatic imine (C=N–C) groups is 1. The minimum absolute atomic E-state index is 0.0431. The minimum atomic E-state index is -0.0431. The highest BCUT2D eigenvalue weighted by Crippen LogP contribution is 2.38. The minimum Gasteiger partial charge on any atom is -0.372 e. The van der Waals surface area contributed by atoms with Gasteiger partial charge in [0.1, 0.15) is 0 Å². The van der Waals surface area contributed by atoms with Crippen molar-refractivity contribution >= 4 is 46.0 Å². The zero-order valence-electron chi connectivity index (χ0n) is 22.8. The molecule has 0 atom stereocenters. The topological polar surface area (TPSA) is 35.9 Å². The summed E-state index contributed by atoms with van der Waals surface area (Å²) in [6, 6.07) is 20.8. The van der Waals surface area contributed by atoms with Crippen LogP contribution in [0.1, 0.15) is 54.5 Å². The fraction of sp³-hybridized carbons (Fsp3) is 0.312. The Morgan fingerprint density at radius 3 is 2.03 bits per heavy atom. The molecule has 192 valence electrons. The molecule has 0 aromatic heterocycles. The molecule has 4 rings (SSSR count). The molecular weight excluding hydrogens is 474 g/mol. The van der Waals surface area contributed by atoms with Crippen molar-refractivity contribution < 1.29 is 4.79 Å². The van der Waals surface area contributed by atoms with Crippen molar-refractivity contribution in [3.63, 3.8) is 0 Å². The number of carbonyl (C=O) groups is 1. The van der Waals surface area contributed by atoms with Gasteiger partial charge in [0, 0.05) is 18.8 Å². The van der Waals surface area contributed by atoms with Crippen LogP contribution in [-0.2, 0) is 4.79 Å². The summed E-state index contributed by atoms with van der Waals surface area (Å²) in [5.41, 5.74) is 8.70. The number of rotatable bonds is 8. The molecule has 3 aromatic carbocycles. The molecule has 0 bridgehead atoms. The molecule has 0 saturated carbocycles. The Kier molecular flexibility index (Phi) is 8.55. The van der Waals surface area contributed by atoms with Crippen molar-refractivity contribution in [3.8, 4) is 0 Å². The van der Waals surface area contributed by atoms with Gasteiger partial charge in [0.25, 0.3) is 5.91 Å². The maximum Gasteiger partial charge on any atom is 0.271 e. The summed E-state index contributed by atoms with van der Waals surface area (Å²) in [6.45, 7) is 14.9. The average Bonchev–Trinajstić information content (AvgIpc) is 3.17. The summed E-state index contributed by atoms with van der Waals surface area (Å²) in [5, 5.41) is 0.677. The first-order chi connectivity index (χ1) is 17.8. The van der Waals surface area contributed by atoms with E-state index in [0.29, 0.717) is 10.1 Å². The van der Waals surface area contributed by atoms with Gasteiger partial charge in [0.15, 0.2) is 5.17 Å². The maximum atomic E-state index is 13.7. The monoisotopic (exact) mass is 511 g/mol. The Hall–Kier alpha value is -3.31. The Bertz CT molecular complexity index is 1330. The molecule has 1 amide bonds. The SMILES string of the molecule is CCCN(CCC)c1ccc(/C=C2\SC(=Nc3ccc(C)c(C)c3)N(c3ccc(C)c(C)c3)C2=O)cc1. The standard InChI is InChI=1S/C32H37N3OS/c1-7-17-34(18-8-2)28-15-11-26(12-16-28)21-30-31(36)35(29-14-10-23(4)25(6)20-29)32(37-30)33-27-13-9-22(3)24(5)19-27/h9-16,19-21H,7-8,17-18H2,1-6H3/b30-21-,33-32?. The number of carbonyl (C=O) groups excluding carboxylic acids is 1. The summed E-state index contributed by atoms with van der Waals surface area (Å²) in [5.74, 6) is -0.0431. The van der Waals surface area contributed by atoms with E-state index in [-0.39, 0.29) is 5.91 Å². The summed E-state index contributed by atoms with van der Waals surface area (Å²) in [6.07, 6.45) is 4.22. The summed E-state index contributed by atoms with van der Waals surface area (Å²) < 4.78 is 0. The molecule has 1 aliphatic rings. The lowest BCUT2D eigenvalue weighted by Gasteiger charge is -2.23. The van der Waals surface area contributed by atoms with E-state index in [4.69, 9.17) is 4.99 Å². The van der Waals surface area contributed by atoms with E-state index in [0.717, 1.165) is 48.4 Å². The van der Waals surface area contributed by atoms with Crippen LogP contribution in [-0.4, -0.2) is 24.2 Å². The van der Waals surface area contributed by atoms with Gasteiger partial charge >= 0.3 is 0 Å². The van der Waals surface area contributed by atoms with Crippen molar-refractivity contribution in [1.82, 2.24) is 0 Å². The molecule has 0 spiro atoms. The van der Waals surface area contributed by atoms with Crippen LogP contribution in [0.25, 0.3) is 6.08 Å². The quantitative estimate of drug-likeness (QED) is 0.285. The fourth-order valence-corrected chi connectivity index (χ4v) is 5.39. The van der Waals surface area contributed by atoms with Gasteiger partial charge in [-0.1, -0.05) is 38.1 Å². The van der Waals surface area contributed by atoms with Gasteiger partial charge in [-0.25, -0.2) is 4.99 Å². The van der Waals surface area contributed by atoms with E-state index in [1.54, 1.807) is 4.90 Å². The third kappa shape index (κ3) is 6.16. The molecule has 3 aromatic rings. The summed E-state index contributed by atoms with van der Waals surface area (Å²) in [4.78, 5) is 23.5. The third-order valence-electron chi connectivity index (χ3n) is 6.81. The van der Waals surface area contributed by atoms with E-state index < -0.39 is 0 Å². The summed E-state index contributed by atoms with van der Waals surface area (Å²) in [7, 11) is 0. The van der Waals surface area contributed by atoms with Gasteiger partial charge in [-0.05, 0) is 123 Å². The number of thioether (sulfide) groups is 1. The van der Waals surface area contributed by atoms with Crippen LogP contribution in [0.3, 0.4) is 0 Å². The molecule has 0 N–H and O–H groups in total. The summed E-state index contributed by atoms with van der Waals surface area (Å²) >= 11 is 1.44. The van der Waals surface area contributed by atoms with Crippen molar-refractivity contribution in [3.05, 3.63) is 93.4 Å². The first-order valence-electron chi connectivity index (χ1n) is 13.1. The molecule has 4 nitrogen and oxygen atoms in total. The molecule has 37 heavy (non-hydrogen) atoms. The number of benzene rings is 3. The van der Waals surface area contributed by atoms with E-state index in [1.807, 2.05) is 18.2 Å². The van der Waals surface area contributed by atoms with Crippen LogP contribution in [0.15, 0.2) is 70.6 Å². The van der Waals surface area contributed by atoms with Gasteiger partial charge in [-0.3, -0.25) is 9.69 Å². The van der Waals surface area contributed by atoms with E-state index in [2.05, 4.69) is 95.0 Å². The Morgan fingerprint density at radius 2 is 1.43 bits per heavy atom. The van der Waals surface area contributed by atoms with E-state index >= 15 is 0 Å². The third-order valence-corrected chi connectivity index (χ3v) is 7.78. The molecule has 5 heteroatoms. The van der Waals surface area contributed by atoms with Crippen molar-refractivity contribution in [1.29, 1.82) is 0 Å². The molecule has 1 fully saturated rings. The Morgan fingerprint density at radius 1 is 0.811 bits per heavy atom. The molecule has 1 heterocycles. The first kappa shape index (κ1) is 26.7. The fourth-order valence-electron chi connectivity index (χ4n) is 4.39. The van der Waals surface area contributed by atoms with Crippen LogP contribution in [0, 0.1) is 27.7 Å². The second-order valence-corrected chi connectivity index (χ2v) is 10.8. The lowest BCUT2D eigenvalue weighted by atomic mass is 10.1. The van der Waals surface area contributed by atoms with Crippen LogP contribution < -0.4 is 9.80 Å². The number of amides is 1. The van der Waals surface area contributed by atoms with E-state index in [9.17, 15) is 4.79 Å². The van der Waals surface area contributed by atoms with Crippen molar-refractivity contribution in [2.24, 2.45) is 4.99 Å². The Labute approximate surface area is 226 Å². The number of nitrogens with zero attached hydrogens (tertiary/aromatic N) is 3. The normalized spacial score (nSPS) is 15.7. The number of aryl methyl sites for hydroxylation is 4. The second kappa shape index (κ2) is 11.8. The second-order valence-electron chi connectivity index (χ2n) is 9.76. The largest absolute Gasteiger partial charge is 0.372 e. The maximum absolute atomic E-state index is 13.7. The van der Waals surface area contributed by atoms with Crippen molar-refractivity contribution in [2.45, 2.75) is 54.4 Å². The van der Waals surface area contributed by atoms with E-state index in [1.165, 1.54) is 34.1 Å². The van der Waals surface area contributed by atoms with Gasteiger partial charge < -0.3 is 4.90 Å². The molecule has 0 unspecified atom stereocenters. The van der Waals surface area contributed by atoms with Crippen LogP contribution in [0.2, 0.25) is 0 Å². The highest BCUT2D eigenvalue weighted by Gasteiger charge is 2.35. The van der Waals surface area contributed by atoms with Gasteiger partial charge in [0.05, 0.1) is 16.3 Å². The van der Waals surface area contributed by atoms with Gasteiger partial charge in [0.2, 0.25) is 0 Å².